The fraction of sp³-hybridized carbons (Fsp3) is 0.382. The highest BCUT2D eigenvalue weighted by Crippen LogP contribution is 2.43. The minimum atomic E-state index is -0.462. The van der Waals surface area contributed by atoms with Crippen molar-refractivity contribution in [1.82, 2.24) is 4.90 Å². The van der Waals surface area contributed by atoms with E-state index < -0.39 is 11.8 Å². The van der Waals surface area contributed by atoms with E-state index in [-0.39, 0.29) is 12.0 Å². The number of ether oxygens (including phenoxy) is 2. The first-order chi connectivity index (χ1) is 19.7. The average molecular weight is 577 g/mol. The van der Waals surface area contributed by atoms with Crippen molar-refractivity contribution in [1.29, 1.82) is 0 Å². The topological polar surface area (TPSA) is 42.0 Å². The van der Waals surface area contributed by atoms with E-state index in [1.54, 1.807) is 25.1 Å². The first-order valence-corrected chi connectivity index (χ1v) is 14.8. The Kier molecular flexibility index (Phi) is 9.00. The Balaban J connectivity index is 1.31. The molecule has 41 heavy (non-hydrogen) atoms. The number of benzene rings is 3. The molecule has 0 aromatic heterocycles. The molecule has 0 amide bonds. The zero-order chi connectivity index (χ0) is 29.0. The van der Waals surface area contributed by atoms with E-state index in [0.717, 1.165) is 56.3 Å². The molecular formula is C34H38ClFN2O3. The maximum atomic E-state index is 13.8. The molecule has 3 aromatic rings. The van der Waals surface area contributed by atoms with Crippen LogP contribution in [-0.2, 0) is 4.74 Å². The average Bonchev–Trinajstić information content (AvgIpc) is 2.95. The van der Waals surface area contributed by atoms with Crippen LogP contribution in [0.25, 0.3) is 5.57 Å². The fourth-order valence-electron chi connectivity index (χ4n) is 5.73. The number of carbonyl (C=O) groups is 1. The summed E-state index contributed by atoms with van der Waals surface area (Å²) in [5, 5.41) is 0.766. The Labute approximate surface area is 247 Å². The Bertz CT molecular complexity index is 1410. The summed E-state index contributed by atoms with van der Waals surface area (Å²) in [6.45, 7) is 11.3. The highest BCUT2D eigenvalue weighted by Gasteiger charge is 2.29. The maximum absolute atomic E-state index is 13.8. The van der Waals surface area contributed by atoms with Crippen LogP contribution in [0.2, 0.25) is 5.02 Å². The summed E-state index contributed by atoms with van der Waals surface area (Å²) < 4.78 is 25.0. The number of halogens is 2. The fourth-order valence-corrected chi connectivity index (χ4v) is 5.85. The van der Waals surface area contributed by atoms with Gasteiger partial charge in [-0.25, -0.2) is 9.18 Å². The molecule has 2 aliphatic rings. The van der Waals surface area contributed by atoms with Gasteiger partial charge in [-0.05, 0) is 79.1 Å². The van der Waals surface area contributed by atoms with E-state index in [9.17, 15) is 9.18 Å². The zero-order valence-corrected chi connectivity index (χ0v) is 24.8. The number of piperazine rings is 1. The van der Waals surface area contributed by atoms with Crippen molar-refractivity contribution < 1.29 is 18.7 Å². The summed E-state index contributed by atoms with van der Waals surface area (Å²) in [5.74, 6) is -0.173. The molecule has 0 N–H and O–H groups in total. The van der Waals surface area contributed by atoms with E-state index in [4.69, 9.17) is 21.1 Å². The first-order valence-electron chi connectivity index (χ1n) is 14.4. The molecule has 1 aliphatic carbocycles. The molecular weight excluding hydrogens is 539 g/mol. The van der Waals surface area contributed by atoms with Crippen LogP contribution in [0, 0.1) is 11.2 Å². The van der Waals surface area contributed by atoms with Crippen LogP contribution in [0.3, 0.4) is 0 Å². The molecule has 0 radical (unpaired) electrons. The monoisotopic (exact) mass is 576 g/mol. The van der Waals surface area contributed by atoms with Crippen LogP contribution in [0.1, 0.15) is 56.0 Å². The highest BCUT2D eigenvalue weighted by molar-refractivity contribution is 6.30. The van der Waals surface area contributed by atoms with Crippen molar-refractivity contribution in [2.75, 3.05) is 44.2 Å². The predicted octanol–water partition coefficient (Wildman–Crippen LogP) is 8.23. The van der Waals surface area contributed by atoms with Crippen molar-refractivity contribution in [3.8, 4) is 11.5 Å². The van der Waals surface area contributed by atoms with Crippen LogP contribution in [0.5, 0.6) is 11.5 Å². The van der Waals surface area contributed by atoms with Gasteiger partial charge in [0, 0.05) is 55.6 Å². The molecule has 3 aromatic carbocycles. The quantitative estimate of drug-likeness (QED) is 0.253. The molecule has 0 atom stereocenters. The first kappa shape index (κ1) is 29.2. The number of hydrogen-bond donors (Lipinski definition) is 0. The molecule has 5 rings (SSSR count). The molecule has 5 nitrogen and oxygen atoms in total. The zero-order valence-electron chi connectivity index (χ0n) is 24.1. The third kappa shape index (κ3) is 7.30. The SMILES string of the molecule is CCOC(=O)c1ccc(N2CCN(CC3=C(c4ccc(Cl)cc4)CC(C)(C)CC3)CC2)cc1Oc1cccc(F)c1. The van der Waals surface area contributed by atoms with Crippen LogP contribution < -0.4 is 9.64 Å². The van der Waals surface area contributed by atoms with Crippen molar-refractivity contribution in [2.24, 2.45) is 5.41 Å². The van der Waals surface area contributed by atoms with E-state index >= 15 is 0 Å². The van der Waals surface area contributed by atoms with Gasteiger partial charge in [0.25, 0.3) is 0 Å². The number of carbonyl (C=O) groups excluding carboxylic acids is 1. The molecule has 0 bridgehead atoms. The summed E-state index contributed by atoms with van der Waals surface area (Å²) in [5.41, 5.74) is 5.85. The number of allylic oxidation sites excluding steroid dienone is 1. The van der Waals surface area contributed by atoms with Crippen molar-refractivity contribution in [3.05, 3.63) is 94.3 Å². The largest absolute Gasteiger partial charge is 0.462 e. The second-order valence-corrected chi connectivity index (χ2v) is 12.1. The van der Waals surface area contributed by atoms with Crippen LogP contribution in [-0.4, -0.2) is 50.2 Å². The summed E-state index contributed by atoms with van der Waals surface area (Å²) >= 11 is 6.18. The lowest BCUT2D eigenvalue weighted by molar-refractivity contribution is 0.0523. The maximum Gasteiger partial charge on any atom is 0.341 e. The molecule has 1 aliphatic heterocycles. The van der Waals surface area contributed by atoms with Crippen LogP contribution in [0.4, 0.5) is 10.1 Å². The lowest BCUT2D eigenvalue weighted by Crippen LogP contribution is -2.47. The van der Waals surface area contributed by atoms with Crippen LogP contribution >= 0.6 is 11.6 Å². The lowest BCUT2D eigenvalue weighted by Gasteiger charge is -2.39. The Hall–Kier alpha value is -3.35. The van der Waals surface area contributed by atoms with Crippen LogP contribution in [0.15, 0.2) is 72.3 Å². The molecule has 1 fully saturated rings. The van der Waals surface area contributed by atoms with E-state index in [1.807, 2.05) is 24.3 Å². The van der Waals surface area contributed by atoms with Gasteiger partial charge in [0.1, 0.15) is 22.9 Å². The number of esters is 1. The summed E-state index contributed by atoms with van der Waals surface area (Å²) in [6, 6.07) is 19.7. The molecule has 1 saturated heterocycles. The predicted molar refractivity (Wildman–Crippen MR) is 164 cm³/mol. The molecule has 0 saturated carbocycles. The number of rotatable bonds is 8. The molecule has 7 heteroatoms. The van der Waals surface area contributed by atoms with Gasteiger partial charge in [0.2, 0.25) is 0 Å². The lowest BCUT2D eigenvalue weighted by atomic mass is 9.72. The Morgan fingerprint density at radius 1 is 1.00 bits per heavy atom. The van der Waals surface area contributed by atoms with Gasteiger partial charge in [0.15, 0.2) is 0 Å². The van der Waals surface area contributed by atoms with Gasteiger partial charge >= 0.3 is 5.97 Å². The second kappa shape index (κ2) is 12.7. The summed E-state index contributed by atoms with van der Waals surface area (Å²) in [7, 11) is 0. The van der Waals surface area contributed by atoms with Gasteiger partial charge < -0.3 is 14.4 Å². The van der Waals surface area contributed by atoms with Gasteiger partial charge in [0.05, 0.1) is 6.61 Å². The minimum absolute atomic E-state index is 0.260. The van der Waals surface area contributed by atoms with Crippen molar-refractivity contribution >= 4 is 28.8 Å². The third-order valence-electron chi connectivity index (χ3n) is 8.01. The number of nitrogens with zero attached hydrogens (tertiary/aromatic N) is 2. The Morgan fingerprint density at radius 3 is 2.46 bits per heavy atom. The van der Waals surface area contributed by atoms with E-state index in [2.05, 4.69) is 35.8 Å². The second-order valence-electron chi connectivity index (χ2n) is 11.7. The van der Waals surface area contributed by atoms with Gasteiger partial charge in [-0.3, -0.25) is 4.90 Å². The normalized spacial score (nSPS) is 17.4. The molecule has 0 spiro atoms. The number of anilines is 1. The standard InChI is InChI=1S/C34H38ClFN2O3/c1-4-40-33(39)30-13-12-28(21-32(30)41-29-7-5-6-27(36)20-29)38-18-16-37(17-19-38)23-25-14-15-34(2,3)22-31(25)24-8-10-26(35)11-9-24/h5-13,20-21H,4,14-19,22-23H2,1-3H3. The van der Waals surface area contributed by atoms with Gasteiger partial charge in [-0.15, -0.1) is 0 Å². The van der Waals surface area contributed by atoms with Gasteiger partial charge in [-0.1, -0.05) is 49.2 Å². The molecule has 0 unspecified atom stereocenters. The van der Waals surface area contributed by atoms with Gasteiger partial charge in [-0.2, -0.15) is 0 Å². The summed E-state index contributed by atoms with van der Waals surface area (Å²) in [4.78, 5) is 17.5. The summed E-state index contributed by atoms with van der Waals surface area (Å²) in [6.07, 6.45) is 3.38. The van der Waals surface area contributed by atoms with Crippen molar-refractivity contribution in [3.63, 3.8) is 0 Å². The Morgan fingerprint density at radius 2 is 1.76 bits per heavy atom. The smallest absolute Gasteiger partial charge is 0.341 e. The van der Waals surface area contributed by atoms with E-state index in [0.29, 0.717) is 17.1 Å². The molecule has 216 valence electrons. The van der Waals surface area contributed by atoms with Crippen molar-refractivity contribution in [2.45, 2.75) is 40.0 Å². The van der Waals surface area contributed by atoms with E-state index in [1.165, 1.54) is 35.3 Å². The third-order valence-corrected chi connectivity index (χ3v) is 8.27. The highest BCUT2D eigenvalue weighted by atomic mass is 35.5. The number of hydrogen-bond acceptors (Lipinski definition) is 5. The minimum Gasteiger partial charge on any atom is -0.462 e. The molecule has 1 heterocycles.